The van der Waals surface area contributed by atoms with Gasteiger partial charge >= 0.3 is 11.9 Å². The first-order valence-electron chi connectivity index (χ1n) is 13.5. The summed E-state index contributed by atoms with van der Waals surface area (Å²) < 4.78 is 22.3. The molecule has 0 atom stereocenters. The van der Waals surface area contributed by atoms with Crippen molar-refractivity contribution in [3.63, 3.8) is 0 Å². The number of aryl methyl sites for hydroxylation is 2. The highest BCUT2D eigenvalue weighted by Gasteiger charge is 2.30. The van der Waals surface area contributed by atoms with Crippen molar-refractivity contribution in [2.75, 3.05) is 28.4 Å². The molecule has 0 saturated carbocycles. The number of hydrogen-bond acceptors (Lipinski definition) is 6. The van der Waals surface area contributed by atoms with Crippen LogP contribution in [0.5, 0.6) is 11.5 Å². The van der Waals surface area contributed by atoms with Crippen molar-refractivity contribution in [2.24, 2.45) is 0 Å². The summed E-state index contributed by atoms with van der Waals surface area (Å²) >= 11 is 0. The minimum atomic E-state index is -0.623. The number of fused-ring (bicyclic) bond motifs is 7. The molecule has 6 heteroatoms. The van der Waals surface area contributed by atoms with E-state index in [4.69, 9.17) is 18.9 Å². The van der Waals surface area contributed by atoms with Crippen LogP contribution in [0.2, 0.25) is 0 Å². The zero-order valence-corrected chi connectivity index (χ0v) is 25.3. The number of carbonyl (C=O) groups excluding carboxylic acids is 2. The number of methoxy groups -OCH3 is 4. The van der Waals surface area contributed by atoms with Crippen molar-refractivity contribution in [2.45, 2.75) is 65.2 Å². The minimum absolute atomic E-state index is 0.126. The molecule has 0 N–H and O–H groups in total. The molecule has 0 spiro atoms. The van der Waals surface area contributed by atoms with E-state index in [1.165, 1.54) is 14.2 Å². The van der Waals surface area contributed by atoms with Crippen LogP contribution in [0.3, 0.4) is 0 Å². The van der Waals surface area contributed by atoms with Gasteiger partial charge in [0, 0.05) is 11.1 Å². The van der Waals surface area contributed by atoms with Crippen LogP contribution in [0.25, 0.3) is 22.3 Å². The van der Waals surface area contributed by atoms with E-state index in [0.29, 0.717) is 0 Å². The average Bonchev–Trinajstić information content (AvgIpc) is 2.91. The Hall–Kier alpha value is -3.80. The van der Waals surface area contributed by atoms with Gasteiger partial charge in [-0.2, -0.15) is 0 Å². The van der Waals surface area contributed by atoms with Gasteiger partial charge in [0.25, 0.3) is 0 Å². The van der Waals surface area contributed by atoms with E-state index in [9.17, 15) is 9.59 Å². The molecule has 4 rings (SSSR count). The monoisotopic (exact) mass is 544 g/mol. The third kappa shape index (κ3) is 5.19. The van der Waals surface area contributed by atoms with Crippen LogP contribution in [0.4, 0.5) is 0 Å². The summed E-state index contributed by atoms with van der Waals surface area (Å²) in [4.78, 5) is 26.0. The maximum atomic E-state index is 13.0. The smallest absolute Gasteiger partial charge is 0.338 e. The highest BCUT2D eigenvalue weighted by Crippen LogP contribution is 2.48. The summed E-state index contributed by atoms with van der Waals surface area (Å²) in [6, 6.07) is 12.1. The van der Waals surface area contributed by atoms with Gasteiger partial charge in [-0.05, 0) is 81.3 Å². The predicted octanol–water partition coefficient (Wildman–Crippen LogP) is 7.30. The Kier molecular flexibility index (Phi) is 7.77. The molecule has 0 radical (unpaired) electrons. The van der Waals surface area contributed by atoms with E-state index in [1.807, 2.05) is 0 Å². The first-order chi connectivity index (χ1) is 18.7. The van der Waals surface area contributed by atoms with Gasteiger partial charge in [-0.25, -0.2) is 9.59 Å². The Bertz CT molecular complexity index is 1370. The van der Waals surface area contributed by atoms with Gasteiger partial charge in [-0.1, -0.05) is 53.7 Å². The van der Waals surface area contributed by atoms with Crippen LogP contribution in [0.15, 0.2) is 36.4 Å². The molecular formula is C34H40O6. The second kappa shape index (κ2) is 10.6. The lowest BCUT2D eigenvalue weighted by Gasteiger charge is -2.28. The lowest BCUT2D eigenvalue weighted by Crippen LogP contribution is -2.16. The van der Waals surface area contributed by atoms with Crippen molar-refractivity contribution in [3.8, 4) is 33.8 Å². The fraction of sp³-hybridized carbons (Fsp3) is 0.412. The molecule has 0 fully saturated rings. The molecule has 0 aliphatic heterocycles. The molecule has 0 unspecified atom stereocenters. The zero-order chi connectivity index (χ0) is 29.6. The highest BCUT2D eigenvalue weighted by molar-refractivity contribution is 6.07. The van der Waals surface area contributed by atoms with Crippen molar-refractivity contribution >= 4 is 11.9 Å². The van der Waals surface area contributed by atoms with E-state index in [2.05, 4.69) is 65.8 Å². The normalized spacial score (nSPS) is 12.8. The summed E-state index contributed by atoms with van der Waals surface area (Å²) in [7, 11) is 5.95. The Labute approximate surface area is 237 Å². The number of rotatable bonds is 4. The Morgan fingerprint density at radius 2 is 0.900 bits per heavy atom. The standard InChI is InChI=1S/C34H40O6/c1-33(2,3)21-13-19-11-12-20-14-22(34(4,5)6)16-26(30(20)38-8)24-18-28(32(36)40-10)27(31(35)39-9)17-23(24)25(15-21)29(19)37-7/h13-18H,11-12H2,1-10H3. The molecule has 3 aromatic carbocycles. The number of esters is 2. The fourth-order valence-electron chi connectivity index (χ4n) is 5.37. The first-order valence-corrected chi connectivity index (χ1v) is 13.5. The second-order valence-corrected chi connectivity index (χ2v) is 12.4. The molecule has 1 aliphatic rings. The van der Waals surface area contributed by atoms with Crippen LogP contribution < -0.4 is 9.47 Å². The van der Waals surface area contributed by atoms with Crippen molar-refractivity contribution in [1.82, 2.24) is 0 Å². The summed E-state index contributed by atoms with van der Waals surface area (Å²) in [5.41, 5.74) is 7.58. The molecule has 0 heterocycles. The summed E-state index contributed by atoms with van der Waals surface area (Å²) in [5, 5.41) is 0. The second-order valence-electron chi connectivity index (χ2n) is 12.4. The maximum Gasteiger partial charge on any atom is 0.338 e. The Balaban J connectivity index is 2.28. The van der Waals surface area contributed by atoms with E-state index >= 15 is 0 Å². The van der Waals surface area contributed by atoms with Crippen LogP contribution >= 0.6 is 0 Å². The largest absolute Gasteiger partial charge is 0.496 e. The third-order valence-electron chi connectivity index (χ3n) is 7.68. The number of benzene rings is 3. The summed E-state index contributed by atoms with van der Waals surface area (Å²) in [6.07, 6.45) is 1.48. The van der Waals surface area contributed by atoms with Gasteiger partial charge in [0.2, 0.25) is 0 Å². The predicted molar refractivity (Wildman–Crippen MR) is 158 cm³/mol. The van der Waals surface area contributed by atoms with Gasteiger partial charge in [-0.15, -0.1) is 0 Å². The van der Waals surface area contributed by atoms with Crippen LogP contribution in [-0.2, 0) is 33.1 Å². The summed E-state index contributed by atoms with van der Waals surface area (Å²) in [6.45, 7) is 13.1. The molecule has 6 nitrogen and oxygen atoms in total. The lowest BCUT2D eigenvalue weighted by molar-refractivity contribution is 0.0555. The van der Waals surface area contributed by atoms with E-state index in [0.717, 1.165) is 68.8 Å². The van der Waals surface area contributed by atoms with Crippen LogP contribution in [-0.4, -0.2) is 40.4 Å². The molecule has 0 aromatic heterocycles. The molecule has 4 bridgehead atoms. The van der Waals surface area contributed by atoms with Crippen molar-refractivity contribution < 1.29 is 28.5 Å². The first kappa shape index (κ1) is 29.2. The molecule has 0 saturated heterocycles. The Morgan fingerprint density at radius 1 is 0.550 bits per heavy atom. The lowest BCUT2D eigenvalue weighted by atomic mass is 9.78. The van der Waals surface area contributed by atoms with Crippen LogP contribution in [0, 0.1) is 0 Å². The highest BCUT2D eigenvalue weighted by atomic mass is 16.5. The van der Waals surface area contributed by atoms with Gasteiger partial charge in [0.05, 0.1) is 39.6 Å². The molecule has 0 amide bonds. The van der Waals surface area contributed by atoms with E-state index in [-0.39, 0.29) is 22.0 Å². The maximum absolute atomic E-state index is 13.0. The number of ether oxygens (including phenoxy) is 4. The molecule has 1 aliphatic carbocycles. The number of carbonyl (C=O) groups is 2. The molecular weight excluding hydrogens is 504 g/mol. The molecule has 3 aromatic rings. The van der Waals surface area contributed by atoms with E-state index < -0.39 is 11.9 Å². The zero-order valence-electron chi connectivity index (χ0n) is 25.3. The van der Waals surface area contributed by atoms with Gasteiger partial charge in [0.15, 0.2) is 0 Å². The van der Waals surface area contributed by atoms with E-state index in [1.54, 1.807) is 26.4 Å². The quantitative estimate of drug-likeness (QED) is 0.321. The fourth-order valence-corrected chi connectivity index (χ4v) is 5.37. The van der Waals surface area contributed by atoms with Gasteiger partial charge in [-0.3, -0.25) is 0 Å². The minimum Gasteiger partial charge on any atom is -0.496 e. The Morgan fingerprint density at radius 3 is 1.18 bits per heavy atom. The number of hydrogen-bond donors (Lipinski definition) is 0. The molecule has 40 heavy (non-hydrogen) atoms. The SMILES string of the molecule is COC(=O)c1cc2c(cc1C(=O)OC)-c1cc(C(C)(C)C)cc(c1OC)CCc1cc(C(C)(C)C)cc-2c1OC. The van der Waals surface area contributed by atoms with Gasteiger partial charge in [0.1, 0.15) is 11.5 Å². The van der Waals surface area contributed by atoms with Gasteiger partial charge < -0.3 is 18.9 Å². The third-order valence-corrected chi connectivity index (χ3v) is 7.68. The summed E-state index contributed by atoms with van der Waals surface area (Å²) in [5.74, 6) is 0.247. The average molecular weight is 545 g/mol. The van der Waals surface area contributed by atoms with Crippen molar-refractivity contribution in [1.29, 1.82) is 0 Å². The van der Waals surface area contributed by atoms with Crippen LogP contribution in [0.1, 0.15) is 84.5 Å². The topological polar surface area (TPSA) is 71.1 Å². The van der Waals surface area contributed by atoms with Crippen molar-refractivity contribution in [3.05, 3.63) is 69.8 Å². The molecule has 212 valence electrons.